The van der Waals surface area contributed by atoms with E-state index >= 15 is 0 Å². The molecule has 0 fully saturated rings. The second-order valence-electron chi connectivity index (χ2n) is 4.59. The van der Waals surface area contributed by atoms with Gasteiger partial charge in [0.1, 0.15) is 0 Å². The van der Waals surface area contributed by atoms with Crippen molar-refractivity contribution in [2.24, 2.45) is 0 Å². The summed E-state index contributed by atoms with van der Waals surface area (Å²) in [5.41, 5.74) is 1.14. The van der Waals surface area contributed by atoms with Gasteiger partial charge in [-0.05, 0) is 48.9 Å². The van der Waals surface area contributed by atoms with Crippen molar-refractivity contribution < 1.29 is 13.2 Å². The quantitative estimate of drug-likeness (QED) is 0.626. The van der Waals surface area contributed by atoms with Crippen molar-refractivity contribution >= 4 is 0 Å². The van der Waals surface area contributed by atoms with Crippen molar-refractivity contribution in [3.63, 3.8) is 0 Å². The molecule has 0 N–H and O–H groups in total. The lowest BCUT2D eigenvalue weighted by atomic mass is 9.92. The largest absolute Gasteiger partial charge is 0.416 e. The molecule has 0 nitrogen and oxygen atoms in total. The molecule has 0 amide bonds. The monoisotopic (exact) mass is 256 g/mol. The van der Waals surface area contributed by atoms with Gasteiger partial charge in [0.25, 0.3) is 0 Å². The molecule has 0 aromatic heterocycles. The maximum Gasteiger partial charge on any atom is 0.416 e. The van der Waals surface area contributed by atoms with Gasteiger partial charge in [-0.15, -0.1) is 0 Å². The van der Waals surface area contributed by atoms with Crippen LogP contribution in [0.3, 0.4) is 0 Å². The predicted octanol–water partition coefficient (Wildman–Crippen LogP) is 5.47. The summed E-state index contributed by atoms with van der Waals surface area (Å²) in [6.07, 6.45) is 1.54. The average molecular weight is 256 g/mol. The molecule has 100 valence electrons. The zero-order chi connectivity index (χ0) is 13.8. The Balaban J connectivity index is 2.97. The molecular formula is C15H19F3. The maximum absolute atomic E-state index is 12.7. The predicted molar refractivity (Wildman–Crippen MR) is 68.6 cm³/mol. The third-order valence-electron chi connectivity index (χ3n) is 3.03. The van der Waals surface area contributed by atoms with Crippen molar-refractivity contribution in [1.29, 1.82) is 0 Å². The Morgan fingerprint density at radius 3 is 2.44 bits per heavy atom. The maximum atomic E-state index is 12.7. The second kappa shape index (κ2) is 6.07. The summed E-state index contributed by atoms with van der Waals surface area (Å²) >= 11 is 0. The Bertz CT molecular complexity index is 416. The first kappa shape index (κ1) is 14.8. The van der Waals surface area contributed by atoms with Crippen LogP contribution in [0.2, 0.25) is 0 Å². The standard InChI is InChI=1S/C15H19F3/c1-4-5-6-7-11(2)14-10-13(15(16,17)18)9-8-12(14)3/h5-6,8-11H,4,7H2,1-3H3. The highest BCUT2D eigenvalue weighted by molar-refractivity contribution is 5.35. The highest BCUT2D eigenvalue weighted by atomic mass is 19.4. The Hall–Kier alpha value is -1.25. The summed E-state index contributed by atoms with van der Waals surface area (Å²) in [7, 11) is 0. The van der Waals surface area contributed by atoms with Crippen LogP contribution in [-0.2, 0) is 6.18 Å². The van der Waals surface area contributed by atoms with Gasteiger partial charge in [0, 0.05) is 0 Å². The number of hydrogen-bond acceptors (Lipinski definition) is 0. The molecule has 1 aromatic carbocycles. The Morgan fingerprint density at radius 2 is 1.89 bits per heavy atom. The fourth-order valence-electron chi connectivity index (χ4n) is 1.94. The SMILES string of the molecule is CCC=CCC(C)c1cc(C(F)(F)F)ccc1C. The van der Waals surface area contributed by atoms with Crippen LogP contribution in [-0.4, -0.2) is 0 Å². The summed E-state index contributed by atoms with van der Waals surface area (Å²) in [6.45, 7) is 5.86. The van der Waals surface area contributed by atoms with Crippen LogP contribution in [0.25, 0.3) is 0 Å². The van der Waals surface area contributed by atoms with Gasteiger partial charge in [-0.25, -0.2) is 0 Å². The summed E-state index contributed by atoms with van der Waals surface area (Å²) in [4.78, 5) is 0. The van der Waals surface area contributed by atoms with E-state index in [1.54, 1.807) is 6.07 Å². The molecule has 0 heterocycles. The smallest absolute Gasteiger partial charge is 0.166 e. The molecule has 3 heteroatoms. The summed E-state index contributed by atoms with van der Waals surface area (Å²) in [5, 5.41) is 0. The van der Waals surface area contributed by atoms with Gasteiger partial charge in [-0.1, -0.05) is 32.1 Å². The second-order valence-corrected chi connectivity index (χ2v) is 4.59. The Kier molecular flexibility index (Phi) is 5.00. The number of allylic oxidation sites excluding steroid dienone is 2. The molecule has 1 aromatic rings. The lowest BCUT2D eigenvalue weighted by Crippen LogP contribution is -2.07. The molecule has 0 saturated heterocycles. The Labute approximate surface area is 107 Å². The van der Waals surface area contributed by atoms with Crippen LogP contribution in [0.15, 0.2) is 30.4 Å². The molecule has 0 aliphatic rings. The van der Waals surface area contributed by atoms with Gasteiger partial charge in [0.05, 0.1) is 5.56 Å². The van der Waals surface area contributed by atoms with Crippen LogP contribution in [0.4, 0.5) is 13.2 Å². The topological polar surface area (TPSA) is 0 Å². The number of alkyl halides is 3. The third kappa shape index (κ3) is 3.90. The van der Waals surface area contributed by atoms with E-state index in [2.05, 4.69) is 0 Å². The molecule has 1 unspecified atom stereocenters. The van der Waals surface area contributed by atoms with Gasteiger partial charge in [-0.3, -0.25) is 0 Å². The van der Waals surface area contributed by atoms with Crippen LogP contribution < -0.4 is 0 Å². The van der Waals surface area contributed by atoms with Crippen molar-refractivity contribution in [2.75, 3.05) is 0 Å². The fourth-order valence-corrected chi connectivity index (χ4v) is 1.94. The van der Waals surface area contributed by atoms with Crippen molar-refractivity contribution in [3.8, 4) is 0 Å². The van der Waals surface area contributed by atoms with Gasteiger partial charge in [-0.2, -0.15) is 13.2 Å². The fraction of sp³-hybridized carbons (Fsp3) is 0.467. The van der Waals surface area contributed by atoms with Crippen molar-refractivity contribution in [1.82, 2.24) is 0 Å². The molecule has 0 aliphatic heterocycles. The number of halogens is 3. The molecule has 0 bridgehead atoms. The molecule has 1 rings (SSSR count). The van der Waals surface area contributed by atoms with E-state index in [9.17, 15) is 13.2 Å². The first-order valence-corrected chi connectivity index (χ1v) is 6.19. The van der Waals surface area contributed by atoms with Gasteiger partial charge >= 0.3 is 6.18 Å². The zero-order valence-corrected chi connectivity index (χ0v) is 11.0. The van der Waals surface area contributed by atoms with Crippen molar-refractivity contribution in [3.05, 3.63) is 47.0 Å². The Morgan fingerprint density at radius 1 is 1.22 bits per heavy atom. The van der Waals surface area contributed by atoms with Crippen LogP contribution >= 0.6 is 0 Å². The molecule has 1 atom stereocenters. The molecule has 0 radical (unpaired) electrons. The van der Waals surface area contributed by atoms with E-state index in [0.717, 1.165) is 30.0 Å². The number of hydrogen-bond donors (Lipinski definition) is 0. The zero-order valence-electron chi connectivity index (χ0n) is 11.0. The van der Waals surface area contributed by atoms with Gasteiger partial charge in [0.2, 0.25) is 0 Å². The lowest BCUT2D eigenvalue weighted by Gasteiger charge is -2.16. The van der Waals surface area contributed by atoms with Crippen LogP contribution in [0.5, 0.6) is 0 Å². The first-order valence-electron chi connectivity index (χ1n) is 6.19. The normalized spacial score (nSPS) is 14.1. The highest BCUT2D eigenvalue weighted by Crippen LogP contribution is 2.33. The van der Waals surface area contributed by atoms with Gasteiger partial charge < -0.3 is 0 Å². The van der Waals surface area contributed by atoms with Crippen LogP contribution in [0, 0.1) is 6.92 Å². The van der Waals surface area contributed by atoms with E-state index in [1.165, 1.54) is 6.07 Å². The summed E-state index contributed by atoms with van der Waals surface area (Å²) in [5.74, 6) is 0.107. The van der Waals surface area contributed by atoms with E-state index < -0.39 is 11.7 Å². The number of benzene rings is 1. The minimum atomic E-state index is -4.26. The third-order valence-corrected chi connectivity index (χ3v) is 3.03. The molecule has 0 spiro atoms. The molecule has 18 heavy (non-hydrogen) atoms. The first-order chi connectivity index (χ1) is 8.36. The summed E-state index contributed by atoms with van der Waals surface area (Å²) < 4.78 is 38.0. The van der Waals surface area contributed by atoms with E-state index in [4.69, 9.17) is 0 Å². The minimum absolute atomic E-state index is 0.107. The molecule has 0 saturated carbocycles. The number of aryl methyl sites for hydroxylation is 1. The van der Waals surface area contributed by atoms with E-state index in [-0.39, 0.29) is 5.92 Å². The molecule has 0 aliphatic carbocycles. The lowest BCUT2D eigenvalue weighted by molar-refractivity contribution is -0.137. The minimum Gasteiger partial charge on any atom is -0.166 e. The molecular weight excluding hydrogens is 237 g/mol. The highest BCUT2D eigenvalue weighted by Gasteiger charge is 2.31. The summed E-state index contributed by atoms with van der Waals surface area (Å²) in [6, 6.07) is 3.98. The average Bonchev–Trinajstić information content (AvgIpc) is 2.28. The van der Waals surface area contributed by atoms with Crippen molar-refractivity contribution in [2.45, 2.75) is 45.7 Å². The van der Waals surface area contributed by atoms with Crippen LogP contribution in [0.1, 0.15) is 49.3 Å². The number of rotatable bonds is 4. The van der Waals surface area contributed by atoms with Gasteiger partial charge in [0.15, 0.2) is 0 Å². The van der Waals surface area contributed by atoms with E-state index in [1.807, 2.05) is 32.9 Å². The van der Waals surface area contributed by atoms with E-state index in [0.29, 0.717) is 0 Å².